The Morgan fingerprint density at radius 1 is 1.26 bits per heavy atom. The van der Waals surface area contributed by atoms with Crippen LogP contribution in [0.1, 0.15) is 38.6 Å². The summed E-state index contributed by atoms with van der Waals surface area (Å²) in [4.78, 5) is 6.89. The Hall–Kier alpha value is -0.920. The van der Waals surface area contributed by atoms with Crippen LogP contribution in [0.25, 0.3) is 0 Å². The van der Waals surface area contributed by atoms with E-state index in [-0.39, 0.29) is 42.4 Å². The summed E-state index contributed by atoms with van der Waals surface area (Å²) in [6, 6.07) is 2.08. The van der Waals surface area contributed by atoms with Crippen LogP contribution in [0.4, 0.5) is 0 Å². The van der Waals surface area contributed by atoms with E-state index in [0.29, 0.717) is 32.7 Å². The van der Waals surface area contributed by atoms with Crippen molar-refractivity contribution in [3.63, 3.8) is 0 Å². The molecule has 0 bridgehead atoms. The van der Waals surface area contributed by atoms with E-state index in [1.165, 1.54) is 5.69 Å². The Balaban J connectivity index is 0.00000480. The first-order valence-corrected chi connectivity index (χ1v) is 12.5. The molecule has 0 saturated carbocycles. The van der Waals surface area contributed by atoms with Crippen LogP contribution in [-0.2, 0) is 21.3 Å². The number of aromatic nitrogens is 2. The van der Waals surface area contributed by atoms with Gasteiger partial charge in [-0.05, 0) is 47.1 Å². The molecule has 0 radical (unpaired) electrons. The number of piperazine rings is 1. The van der Waals surface area contributed by atoms with E-state index in [9.17, 15) is 8.42 Å². The van der Waals surface area contributed by atoms with Crippen molar-refractivity contribution in [2.24, 2.45) is 4.99 Å². The zero-order valence-corrected chi connectivity index (χ0v) is 22.6. The zero-order valence-electron chi connectivity index (χ0n) is 19.5. The maximum atomic E-state index is 12.5. The summed E-state index contributed by atoms with van der Waals surface area (Å²) in [5, 5.41) is 7.82. The topological polar surface area (TPSA) is 92.1 Å². The molecule has 2 rings (SSSR count). The van der Waals surface area contributed by atoms with Gasteiger partial charge in [0.1, 0.15) is 0 Å². The molecular weight excluding hydrogens is 531 g/mol. The summed E-state index contributed by atoms with van der Waals surface area (Å²) in [6.45, 7) is 14.7. The van der Waals surface area contributed by atoms with Gasteiger partial charge in [-0.2, -0.15) is 9.40 Å². The molecule has 1 N–H and O–H groups in total. The van der Waals surface area contributed by atoms with Gasteiger partial charge in [0.2, 0.25) is 10.0 Å². The molecule has 0 spiro atoms. The van der Waals surface area contributed by atoms with E-state index in [4.69, 9.17) is 9.73 Å². The maximum Gasteiger partial charge on any atom is 0.216 e. The summed E-state index contributed by atoms with van der Waals surface area (Å²) in [5.74, 6) is 0.886. The van der Waals surface area contributed by atoms with Crippen LogP contribution in [0, 0.1) is 13.8 Å². The van der Waals surface area contributed by atoms with Crippen molar-refractivity contribution in [3.8, 4) is 0 Å². The molecule has 0 atom stereocenters. The minimum Gasteiger partial charge on any atom is -0.378 e. The molecule has 1 aliphatic rings. The summed E-state index contributed by atoms with van der Waals surface area (Å²) in [6.07, 6.45) is 0.943. The lowest BCUT2D eigenvalue weighted by atomic mass is 10.3. The summed E-state index contributed by atoms with van der Waals surface area (Å²) < 4.78 is 34.0. The molecule has 0 aliphatic carbocycles. The van der Waals surface area contributed by atoms with E-state index in [2.05, 4.69) is 28.3 Å². The third-order valence-corrected chi connectivity index (χ3v) is 6.79. The number of aryl methyl sites for hydroxylation is 3. The fraction of sp³-hybridized carbons (Fsp3) is 0.800. The predicted molar refractivity (Wildman–Crippen MR) is 136 cm³/mol. The van der Waals surface area contributed by atoms with Crippen molar-refractivity contribution in [1.82, 2.24) is 24.3 Å². The average molecular weight is 571 g/mol. The normalized spacial score (nSPS) is 15.9. The van der Waals surface area contributed by atoms with E-state index in [0.717, 1.165) is 31.2 Å². The third kappa shape index (κ3) is 9.22. The quantitative estimate of drug-likeness (QED) is 0.200. The second kappa shape index (κ2) is 13.6. The van der Waals surface area contributed by atoms with Gasteiger partial charge in [0.15, 0.2) is 5.96 Å². The third-order valence-electron chi connectivity index (χ3n) is 4.95. The Morgan fingerprint density at radius 3 is 2.48 bits per heavy atom. The summed E-state index contributed by atoms with van der Waals surface area (Å²) >= 11 is 0. The Morgan fingerprint density at radius 2 is 1.94 bits per heavy atom. The second-order valence-corrected chi connectivity index (χ2v) is 9.95. The lowest BCUT2D eigenvalue weighted by Gasteiger charge is -2.36. The molecule has 0 unspecified atom stereocenters. The van der Waals surface area contributed by atoms with Crippen molar-refractivity contribution in [3.05, 3.63) is 17.5 Å². The standard InChI is InChI=1S/C20H38N6O3S.HI/c1-6-21-20(22-8-7-9-26-19(5)16-18(4)23-26)24-10-12-25(13-11-24)30(27,28)15-14-29-17(2)3;/h16-17H,6-15H2,1-5H3,(H,21,22);1H. The first kappa shape index (κ1) is 28.1. The lowest BCUT2D eigenvalue weighted by Crippen LogP contribution is -2.54. The van der Waals surface area contributed by atoms with Gasteiger partial charge in [0.25, 0.3) is 0 Å². The van der Waals surface area contributed by atoms with Crippen LogP contribution < -0.4 is 5.32 Å². The SMILES string of the molecule is CCNC(=NCCCn1nc(C)cc1C)N1CCN(S(=O)(=O)CCOC(C)C)CC1.I. The van der Waals surface area contributed by atoms with Crippen molar-refractivity contribution in [2.75, 3.05) is 51.6 Å². The van der Waals surface area contributed by atoms with Gasteiger partial charge >= 0.3 is 0 Å². The van der Waals surface area contributed by atoms with Crippen LogP contribution >= 0.6 is 24.0 Å². The van der Waals surface area contributed by atoms with Gasteiger partial charge in [-0.15, -0.1) is 24.0 Å². The molecule has 1 fully saturated rings. The number of nitrogens with one attached hydrogen (secondary N) is 1. The largest absolute Gasteiger partial charge is 0.378 e. The van der Waals surface area contributed by atoms with Gasteiger partial charge in [-0.3, -0.25) is 9.67 Å². The number of ether oxygens (including phenoxy) is 1. The maximum absolute atomic E-state index is 12.5. The first-order valence-electron chi connectivity index (χ1n) is 10.9. The fourth-order valence-electron chi connectivity index (χ4n) is 3.43. The molecule has 9 nitrogen and oxygen atoms in total. The van der Waals surface area contributed by atoms with Crippen LogP contribution in [0.3, 0.4) is 0 Å². The van der Waals surface area contributed by atoms with Crippen molar-refractivity contribution >= 4 is 40.0 Å². The lowest BCUT2D eigenvalue weighted by molar-refractivity contribution is 0.0904. The van der Waals surface area contributed by atoms with Crippen LogP contribution in [-0.4, -0.2) is 91.1 Å². The molecule has 180 valence electrons. The van der Waals surface area contributed by atoms with Crippen molar-refractivity contribution < 1.29 is 13.2 Å². The minimum atomic E-state index is -3.28. The molecule has 31 heavy (non-hydrogen) atoms. The highest BCUT2D eigenvalue weighted by atomic mass is 127. The number of hydrogen-bond donors (Lipinski definition) is 1. The second-order valence-electron chi connectivity index (χ2n) is 7.86. The van der Waals surface area contributed by atoms with Gasteiger partial charge in [0, 0.05) is 51.5 Å². The summed E-state index contributed by atoms with van der Waals surface area (Å²) in [7, 11) is -3.28. The number of aliphatic imine (C=N–C) groups is 1. The van der Waals surface area contributed by atoms with Gasteiger partial charge in [-0.25, -0.2) is 8.42 Å². The molecule has 2 heterocycles. The fourth-order valence-corrected chi connectivity index (χ4v) is 4.71. The highest BCUT2D eigenvalue weighted by Crippen LogP contribution is 2.09. The molecular formula is C20H39IN6O3S. The van der Waals surface area contributed by atoms with E-state index < -0.39 is 10.0 Å². The number of rotatable bonds is 10. The molecule has 1 aromatic heterocycles. The molecule has 11 heteroatoms. The zero-order chi connectivity index (χ0) is 22.1. The van der Waals surface area contributed by atoms with E-state index in [1.54, 1.807) is 4.31 Å². The molecule has 1 aromatic rings. The van der Waals surface area contributed by atoms with Crippen LogP contribution in [0.15, 0.2) is 11.1 Å². The highest BCUT2D eigenvalue weighted by Gasteiger charge is 2.28. The van der Waals surface area contributed by atoms with E-state index >= 15 is 0 Å². The van der Waals surface area contributed by atoms with Crippen LogP contribution in [0.5, 0.6) is 0 Å². The summed E-state index contributed by atoms with van der Waals surface area (Å²) in [5.41, 5.74) is 2.20. The monoisotopic (exact) mass is 570 g/mol. The number of sulfonamides is 1. The minimum absolute atomic E-state index is 0. The highest BCUT2D eigenvalue weighted by molar-refractivity contribution is 14.0. The van der Waals surface area contributed by atoms with Crippen molar-refractivity contribution in [1.29, 1.82) is 0 Å². The van der Waals surface area contributed by atoms with Gasteiger partial charge in [0.05, 0.1) is 24.2 Å². The van der Waals surface area contributed by atoms with Gasteiger partial charge in [-0.1, -0.05) is 0 Å². The Labute approximate surface area is 204 Å². The molecule has 0 aromatic carbocycles. The van der Waals surface area contributed by atoms with Crippen molar-refractivity contribution in [2.45, 2.75) is 53.7 Å². The number of nitrogens with zero attached hydrogens (tertiary/aromatic N) is 5. The number of guanidine groups is 1. The predicted octanol–water partition coefficient (Wildman–Crippen LogP) is 1.85. The van der Waals surface area contributed by atoms with Crippen LogP contribution in [0.2, 0.25) is 0 Å². The first-order chi connectivity index (χ1) is 14.2. The Kier molecular flexibility index (Phi) is 12.3. The van der Waals surface area contributed by atoms with Gasteiger partial charge < -0.3 is 15.0 Å². The van der Waals surface area contributed by atoms with E-state index in [1.807, 2.05) is 32.4 Å². The number of hydrogen-bond acceptors (Lipinski definition) is 5. The number of halogens is 1. The smallest absolute Gasteiger partial charge is 0.216 e. The molecule has 0 amide bonds. The molecule has 1 aliphatic heterocycles. The molecule has 1 saturated heterocycles. The Bertz CT molecular complexity index is 789. The average Bonchev–Trinajstić information content (AvgIpc) is 3.01.